The van der Waals surface area contributed by atoms with Crippen molar-refractivity contribution in [2.45, 2.75) is 20.5 Å². The summed E-state index contributed by atoms with van der Waals surface area (Å²) in [4.78, 5) is 17.3. The van der Waals surface area contributed by atoms with Crippen LogP contribution in [0.1, 0.15) is 26.1 Å². The summed E-state index contributed by atoms with van der Waals surface area (Å²) >= 11 is 1.33. The van der Waals surface area contributed by atoms with Crippen molar-refractivity contribution in [2.24, 2.45) is 0 Å². The molecule has 0 unspecified atom stereocenters. The van der Waals surface area contributed by atoms with Gasteiger partial charge in [-0.2, -0.15) is 0 Å². The highest BCUT2D eigenvalue weighted by Crippen LogP contribution is 2.28. The summed E-state index contributed by atoms with van der Waals surface area (Å²) in [5.74, 6) is 0.287. The monoisotopic (exact) mass is 314 g/mol. The Morgan fingerprint density at radius 2 is 2.05 bits per heavy atom. The summed E-state index contributed by atoms with van der Waals surface area (Å²) in [6.07, 6.45) is 0. The van der Waals surface area contributed by atoms with Crippen LogP contribution in [0.5, 0.6) is 0 Å². The minimum Gasteiger partial charge on any atom is -0.455 e. The van der Waals surface area contributed by atoms with Gasteiger partial charge in [0.15, 0.2) is 0 Å². The predicted octanol–water partition coefficient (Wildman–Crippen LogP) is 3.77. The first-order chi connectivity index (χ1) is 10.6. The van der Waals surface area contributed by atoms with Crippen molar-refractivity contribution in [3.8, 4) is 11.3 Å². The summed E-state index contributed by atoms with van der Waals surface area (Å²) in [7, 11) is 0. The van der Waals surface area contributed by atoms with Crippen LogP contribution in [-0.4, -0.2) is 16.1 Å². The molecule has 0 aliphatic carbocycles. The van der Waals surface area contributed by atoms with Crippen molar-refractivity contribution in [3.63, 3.8) is 0 Å². The smallest absolute Gasteiger partial charge is 0.351 e. The molecule has 22 heavy (non-hydrogen) atoms. The van der Waals surface area contributed by atoms with E-state index in [1.54, 1.807) is 13.0 Å². The van der Waals surface area contributed by atoms with Gasteiger partial charge in [0, 0.05) is 11.6 Å². The summed E-state index contributed by atoms with van der Waals surface area (Å²) in [5, 5.41) is 4.63. The molecule has 5 nitrogen and oxygen atoms in total. The molecule has 2 heterocycles. The average Bonchev–Trinajstić information content (AvgIpc) is 3.11. The van der Waals surface area contributed by atoms with Crippen LogP contribution in [0.25, 0.3) is 11.3 Å². The molecule has 0 fully saturated rings. The number of hydrogen-bond donors (Lipinski definition) is 0. The maximum atomic E-state index is 12.3. The zero-order chi connectivity index (χ0) is 15.5. The number of thiazole rings is 1. The lowest BCUT2D eigenvalue weighted by molar-refractivity contribution is 0.0470. The van der Waals surface area contributed by atoms with Gasteiger partial charge in [0.1, 0.15) is 22.9 Å². The van der Waals surface area contributed by atoms with Crippen molar-refractivity contribution in [3.05, 3.63) is 57.7 Å². The van der Waals surface area contributed by atoms with Crippen LogP contribution in [-0.2, 0) is 11.3 Å². The number of hydrogen-bond acceptors (Lipinski definition) is 6. The van der Waals surface area contributed by atoms with E-state index in [-0.39, 0.29) is 6.61 Å². The van der Waals surface area contributed by atoms with E-state index in [1.807, 2.05) is 37.3 Å². The number of carbonyl (C=O) groups is 1. The number of rotatable bonds is 4. The van der Waals surface area contributed by atoms with Gasteiger partial charge in [-0.3, -0.25) is 0 Å². The number of aromatic nitrogens is 2. The fourth-order valence-electron chi connectivity index (χ4n) is 2.05. The summed E-state index contributed by atoms with van der Waals surface area (Å²) < 4.78 is 10.3. The quantitative estimate of drug-likeness (QED) is 0.686. The molecule has 112 valence electrons. The van der Waals surface area contributed by atoms with Gasteiger partial charge >= 0.3 is 5.97 Å². The Kier molecular flexibility index (Phi) is 4.02. The molecule has 0 aliphatic rings. The average molecular weight is 314 g/mol. The second kappa shape index (κ2) is 6.11. The maximum Gasteiger partial charge on any atom is 0.351 e. The maximum absolute atomic E-state index is 12.3. The normalized spacial score (nSPS) is 10.6. The predicted molar refractivity (Wildman–Crippen MR) is 82.6 cm³/mol. The molecule has 0 radical (unpaired) electrons. The lowest BCUT2D eigenvalue weighted by Crippen LogP contribution is -2.05. The number of carbonyl (C=O) groups excluding carboxylic acids is 1. The summed E-state index contributed by atoms with van der Waals surface area (Å²) in [5.41, 5.74) is 2.15. The van der Waals surface area contributed by atoms with E-state index in [4.69, 9.17) is 9.26 Å². The van der Waals surface area contributed by atoms with E-state index in [1.165, 1.54) is 11.3 Å². The zero-order valence-corrected chi connectivity index (χ0v) is 13.0. The van der Waals surface area contributed by atoms with Gasteiger partial charge in [-0.05, 0) is 13.8 Å². The van der Waals surface area contributed by atoms with Crippen molar-refractivity contribution in [1.29, 1.82) is 0 Å². The van der Waals surface area contributed by atoms with Crippen LogP contribution < -0.4 is 0 Å². The third-order valence-corrected chi connectivity index (χ3v) is 3.95. The van der Waals surface area contributed by atoms with Crippen molar-refractivity contribution in [2.75, 3.05) is 0 Å². The fraction of sp³-hybridized carbons (Fsp3) is 0.188. The first kappa shape index (κ1) is 14.5. The highest BCUT2D eigenvalue weighted by molar-refractivity contribution is 7.14. The SMILES string of the molecule is Cc1cc(COC(=O)c2sc(C)nc2-c2ccccc2)no1. The largest absolute Gasteiger partial charge is 0.455 e. The van der Waals surface area contributed by atoms with Gasteiger partial charge in [-0.25, -0.2) is 9.78 Å². The molecular formula is C16H14N2O3S. The van der Waals surface area contributed by atoms with Crippen molar-refractivity contribution in [1.82, 2.24) is 10.1 Å². The van der Waals surface area contributed by atoms with E-state index in [2.05, 4.69) is 10.1 Å². The minimum atomic E-state index is -0.398. The van der Waals surface area contributed by atoms with E-state index >= 15 is 0 Å². The third kappa shape index (κ3) is 3.07. The van der Waals surface area contributed by atoms with Gasteiger partial charge in [-0.15, -0.1) is 11.3 Å². The summed E-state index contributed by atoms with van der Waals surface area (Å²) in [6.45, 7) is 3.74. The molecule has 0 saturated carbocycles. The van der Waals surface area contributed by atoms with Gasteiger partial charge < -0.3 is 9.26 Å². The molecule has 0 bridgehead atoms. The Hall–Kier alpha value is -2.47. The van der Waals surface area contributed by atoms with E-state index in [9.17, 15) is 4.79 Å². The number of aryl methyl sites for hydroxylation is 2. The number of benzene rings is 1. The second-order valence-electron chi connectivity index (χ2n) is 4.78. The number of ether oxygens (including phenoxy) is 1. The Bertz CT molecular complexity index is 793. The van der Waals surface area contributed by atoms with Crippen molar-refractivity contribution < 1.29 is 14.1 Å². The number of nitrogens with zero attached hydrogens (tertiary/aromatic N) is 2. The van der Waals surface area contributed by atoms with Crippen LogP contribution in [0.2, 0.25) is 0 Å². The van der Waals surface area contributed by atoms with Crippen LogP contribution >= 0.6 is 11.3 Å². The lowest BCUT2D eigenvalue weighted by Gasteiger charge is -2.03. The standard InChI is InChI=1S/C16H14N2O3S/c1-10-8-13(18-21-10)9-20-16(19)15-14(17-11(2)22-15)12-6-4-3-5-7-12/h3-8H,9H2,1-2H3. The van der Waals surface area contributed by atoms with E-state index in [0.717, 1.165) is 10.6 Å². The van der Waals surface area contributed by atoms with E-state index in [0.29, 0.717) is 22.0 Å². The zero-order valence-electron chi connectivity index (χ0n) is 12.2. The van der Waals surface area contributed by atoms with Crippen LogP contribution in [0.3, 0.4) is 0 Å². The Labute approximate surface area is 131 Å². The Morgan fingerprint density at radius 1 is 1.27 bits per heavy atom. The minimum absolute atomic E-state index is 0.0847. The first-order valence-electron chi connectivity index (χ1n) is 6.75. The molecule has 3 rings (SSSR count). The van der Waals surface area contributed by atoms with Gasteiger partial charge in [0.25, 0.3) is 0 Å². The van der Waals surface area contributed by atoms with Crippen LogP contribution in [0, 0.1) is 13.8 Å². The first-order valence-corrected chi connectivity index (χ1v) is 7.57. The third-order valence-electron chi connectivity index (χ3n) is 2.99. The van der Waals surface area contributed by atoms with E-state index < -0.39 is 5.97 Å². The molecule has 0 atom stereocenters. The van der Waals surface area contributed by atoms with Crippen LogP contribution in [0.15, 0.2) is 40.9 Å². The van der Waals surface area contributed by atoms with Crippen molar-refractivity contribution >= 4 is 17.3 Å². The van der Waals surface area contributed by atoms with Gasteiger partial charge in [0.05, 0.1) is 10.7 Å². The molecule has 1 aromatic carbocycles. The lowest BCUT2D eigenvalue weighted by atomic mass is 10.1. The van der Waals surface area contributed by atoms with Gasteiger partial charge in [-0.1, -0.05) is 35.5 Å². The molecule has 0 N–H and O–H groups in total. The molecule has 3 aromatic rings. The topological polar surface area (TPSA) is 65.2 Å². The molecule has 0 amide bonds. The molecule has 6 heteroatoms. The fourth-order valence-corrected chi connectivity index (χ4v) is 2.88. The highest BCUT2D eigenvalue weighted by atomic mass is 32.1. The summed E-state index contributed by atoms with van der Waals surface area (Å²) in [6, 6.07) is 11.3. The molecule has 0 saturated heterocycles. The highest BCUT2D eigenvalue weighted by Gasteiger charge is 2.20. The second-order valence-corrected chi connectivity index (χ2v) is 5.98. The molecule has 0 spiro atoms. The Balaban J connectivity index is 1.81. The van der Waals surface area contributed by atoms with Gasteiger partial charge in [0.2, 0.25) is 0 Å². The molecular weight excluding hydrogens is 300 g/mol. The molecule has 0 aliphatic heterocycles. The number of esters is 1. The Morgan fingerprint density at radius 3 is 2.73 bits per heavy atom. The molecule has 2 aromatic heterocycles. The van der Waals surface area contributed by atoms with Crippen LogP contribution in [0.4, 0.5) is 0 Å².